The average Bonchev–Trinajstić information content (AvgIpc) is 3.20. The fourth-order valence-electron chi connectivity index (χ4n) is 3.21. The summed E-state index contributed by atoms with van der Waals surface area (Å²) in [6.45, 7) is 2.49. The monoisotopic (exact) mass is 385 g/mol. The van der Waals surface area contributed by atoms with Crippen LogP contribution in [0.2, 0.25) is 0 Å². The van der Waals surface area contributed by atoms with Crippen LogP contribution in [0.1, 0.15) is 24.0 Å². The van der Waals surface area contributed by atoms with Crippen LogP contribution in [-0.4, -0.2) is 60.6 Å². The predicted molar refractivity (Wildman–Crippen MR) is 90.8 cm³/mol. The molecular weight excluding hydrogens is 363 g/mol. The van der Waals surface area contributed by atoms with Gasteiger partial charge in [-0.2, -0.15) is 13.2 Å². The number of nitrogens with zero attached hydrogens (tertiary/aromatic N) is 2. The number of hydrogen-bond donors (Lipinski definition) is 1. The average molecular weight is 385 g/mol. The molecule has 3 amide bonds. The van der Waals surface area contributed by atoms with Gasteiger partial charge in [0.2, 0.25) is 0 Å². The molecule has 0 spiro atoms. The first-order valence-corrected chi connectivity index (χ1v) is 8.94. The van der Waals surface area contributed by atoms with E-state index in [1.54, 1.807) is 9.80 Å². The van der Waals surface area contributed by atoms with Gasteiger partial charge in [-0.05, 0) is 30.5 Å². The van der Waals surface area contributed by atoms with Gasteiger partial charge in [-0.3, -0.25) is 4.79 Å². The Balaban J connectivity index is 1.43. The van der Waals surface area contributed by atoms with Gasteiger partial charge in [-0.1, -0.05) is 12.1 Å². The molecule has 0 aliphatic carbocycles. The van der Waals surface area contributed by atoms with Gasteiger partial charge < -0.3 is 19.9 Å². The van der Waals surface area contributed by atoms with Crippen LogP contribution < -0.4 is 5.32 Å². The van der Waals surface area contributed by atoms with E-state index in [0.29, 0.717) is 38.3 Å². The van der Waals surface area contributed by atoms with E-state index in [9.17, 15) is 22.8 Å². The highest BCUT2D eigenvalue weighted by Gasteiger charge is 2.31. The molecule has 1 aromatic carbocycles. The molecule has 27 heavy (non-hydrogen) atoms. The molecule has 2 fully saturated rings. The SMILES string of the molecule is O=C(NCc1ccc(C(F)(F)F)cc1)N1CCN(C(=O)C2CCCO2)CC1. The molecule has 2 saturated heterocycles. The fraction of sp³-hybridized carbons (Fsp3) is 0.556. The van der Waals surface area contributed by atoms with Gasteiger partial charge in [-0.25, -0.2) is 4.79 Å². The molecule has 1 aromatic rings. The zero-order chi connectivity index (χ0) is 19.4. The summed E-state index contributed by atoms with van der Waals surface area (Å²) in [6, 6.07) is 4.40. The number of rotatable bonds is 3. The summed E-state index contributed by atoms with van der Waals surface area (Å²) in [5.41, 5.74) is -0.131. The van der Waals surface area contributed by atoms with E-state index >= 15 is 0 Å². The number of carbonyl (C=O) groups is 2. The lowest BCUT2D eigenvalue weighted by Crippen LogP contribution is -2.54. The van der Waals surface area contributed by atoms with E-state index < -0.39 is 11.7 Å². The van der Waals surface area contributed by atoms with E-state index in [2.05, 4.69) is 5.32 Å². The molecule has 0 radical (unpaired) electrons. The molecule has 1 atom stereocenters. The first-order valence-electron chi connectivity index (χ1n) is 8.94. The van der Waals surface area contributed by atoms with Gasteiger partial charge in [0, 0.05) is 39.3 Å². The second-order valence-corrected chi connectivity index (χ2v) is 6.67. The molecule has 2 aliphatic heterocycles. The normalized spacial score (nSPS) is 20.6. The molecule has 3 rings (SSSR count). The van der Waals surface area contributed by atoms with Gasteiger partial charge >= 0.3 is 12.2 Å². The Morgan fingerprint density at radius 1 is 1.07 bits per heavy atom. The Kier molecular flexibility index (Phi) is 5.88. The largest absolute Gasteiger partial charge is 0.416 e. The summed E-state index contributed by atoms with van der Waals surface area (Å²) >= 11 is 0. The van der Waals surface area contributed by atoms with Gasteiger partial charge in [0.1, 0.15) is 6.10 Å². The Bertz CT molecular complexity index is 665. The van der Waals surface area contributed by atoms with Crippen molar-refractivity contribution in [2.75, 3.05) is 32.8 Å². The van der Waals surface area contributed by atoms with E-state index in [1.807, 2.05) is 0 Å². The highest BCUT2D eigenvalue weighted by molar-refractivity contribution is 5.81. The smallest absolute Gasteiger partial charge is 0.368 e. The topological polar surface area (TPSA) is 61.9 Å². The van der Waals surface area contributed by atoms with Crippen LogP contribution in [0.5, 0.6) is 0 Å². The van der Waals surface area contributed by atoms with Crippen molar-refractivity contribution in [2.45, 2.75) is 31.7 Å². The summed E-state index contributed by atoms with van der Waals surface area (Å²) in [6.07, 6.45) is -3.09. The summed E-state index contributed by atoms with van der Waals surface area (Å²) in [4.78, 5) is 27.8. The first-order chi connectivity index (χ1) is 12.8. The summed E-state index contributed by atoms with van der Waals surface area (Å²) in [7, 11) is 0. The third kappa shape index (κ3) is 4.91. The van der Waals surface area contributed by atoms with Crippen molar-refractivity contribution in [3.8, 4) is 0 Å². The number of nitrogens with one attached hydrogen (secondary N) is 1. The minimum absolute atomic E-state index is 0.0164. The van der Waals surface area contributed by atoms with Crippen molar-refractivity contribution in [1.29, 1.82) is 0 Å². The second-order valence-electron chi connectivity index (χ2n) is 6.67. The van der Waals surface area contributed by atoms with Crippen LogP contribution in [0.4, 0.5) is 18.0 Å². The highest BCUT2D eigenvalue weighted by Crippen LogP contribution is 2.29. The van der Waals surface area contributed by atoms with Crippen LogP contribution in [0.15, 0.2) is 24.3 Å². The lowest BCUT2D eigenvalue weighted by Gasteiger charge is -2.35. The number of halogens is 3. The number of alkyl halides is 3. The third-order valence-electron chi connectivity index (χ3n) is 4.81. The fourth-order valence-corrected chi connectivity index (χ4v) is 3.21. The van der Waals surface area contributed by atoms with Gasteiger partial charge in [-0.15, -0.1) is 0 Å². The Morgan fingerprint density at radius 2 is 1.70 bits per heavy atom. The Hall–Kier alpha value is -2.29. The van der Waals surface area contributed by atoms with Crippen LogP contribution in [0.25, 0.3) is 0 Å². The minimum atomic E-state index is -4.37. The Morgan fingerprint density at radius 3 is 2.26 bits per heavy atom. The minimum Gasteiger partial charge on any atom is -0.368 e. The molecular formula is C18H22F3N3O3. The second kappa shape index (κ2) is 8.16. The molecule has 0 bridgehead atoms. The molecule has 2 heterocycles. The number of amides is 3. The number of benzene rings is 1. The van der Waals surface area contributed by atoms with Crippen molar-refractivity contribution in [2.24, 2.45) is 0 Å². The van der Waals surface area contributed by atoms with Crippen molar-refractivity contribution in [1.82, 2.24) is 15.1 Å². The molecule has 0 saturated carbocycles. The van der Waals surface area contributed by atoms with Crippen LogP contribution in [-0.2, 0) is 22.3 Å². The maximum absolute atomic E-state index is 12.6. The van der Waals surface area contributed by atoms with Crippen molar-refractivity contribution >= 4 is 11.9 Å². The van der Waals surface area contributed by atoms with Gasteiger partial charge in [0.15, 0.2) is 0 Å². The standard InChI is InChI=1S/C18H22F3N3O3/c19-18(20,21)14-5-3-13(4-6-14)12-22-17(26)24-9-7-23(8-10-24)16(25)15-2-1-11-27-15/h3-6,15H,1-2,7-12H2,(H,22,26). The lowest BCUT2D eigenvalue weighted by atomic mass is 10.1. The number of hydrogen-bond acceptors (Lipinski definition) is 3. The summed E-state index contributed by atoms with van der Waals surface area (Å²) in [5.74, 6) is -0.0164. The molecule has 6 nitrogen and oxygen atoms in total. The summed E-state index contributed by atoms with van der Waals surface area (Å²) in [5, 5.41) is 2.70. The number of piperazine rings is 1. The number of ether oxygens (including phenoxy) is 1. The van der Waals surface area contributed by atoms with E-state index in [-0.39, 0.29) is 24.6 Å². The van der Waals surface area contributed by atoms with E-state index in [0.717, 1.165) is 25.0 Å². The van der Waals surface area contributed by atoms with Crippen LogP contribution >= 0.6 is 0 Å². The van der Waals surface area contributed by atoms with Crippen LogP contribution in [0, 0.1) is 0 Å². The van der Waals surface area contributed by atoms with E-state index in [4.69, 9.17) is 4.74 Å². The Labute approximate surface area is 155 Å². The maximum atomic E-state index is 12.6. The van der Waals surface area contributed by atoms with Crippen LogP contribution in [0.3, 0.4) is 0 Å². The third-order valence-corrected chi connectivity index (χ3v) is 4.81. The highest BCUT2D eigenvalue weighted by atomic mass is 19.4. The quantitative estimate of drug-likeness (QED) is 0.868. The first kappa shape index (κ1) is 19.5. The molecule has 148 valence electrons. The molecule has 9 heteroatoms. The number of urea groups is 1. The molecule has 2 aliphatic rings. The van der Waals surface area contributed by atoms with Gasteiger partial charge in [0.25, 0.3) is 5.91 Å². The molecule has 1 N–H and O–H groups in total. The van der Waals surface area contributed by atoms with Crippen molar-refractivity contribution in [3.63, 3.8) is 0 Å². The van der Waals surface area contributed by atoms with Crippen molar-refractivity contribution < 1.29 is 27.5 Å². The van der Waals surface area contributed by atoms with Crippen molar-refractivity contribution in [3.05, 3.63) is 35.4 Å². The van der Waals surface area contributed by atoms with E-state index in [1.165, 1.54) is 12.1 Å². The zero-order valence-corrected chi connectivity index (χ0v) is 14.8. The molecule has 1 unspecified atom stereocenters. The van der Waals surface area contributed by atoms with Gasteiger partial charge in [0.05, 0.1) is 5.56 Å². The molecule has 0 aromatic heterocycles. The summed E-state index contributed by atoms with van der Waals surface area (Å²) < 4.78 is 43.1. The number of carbonyl (C=O) groups excluding carboxylic acids is 2. The zero-order valence-electron chi connectivity index (χ0n) is 14.8. The maximum Gasteiger partial charge on any atom is 0.416 e. The predicted octanol–water partition coefficient (Wildman–Crippen LogP) is 2.24. The lowest BCUT2D eigenvalue weighted by molar-refractivity contribution is -0.142.